The van der Waals surface area contributed by atoms with Crippen molar-refractivity contribution in [2.75, 3.05) is 39.3 Å². The van der Waals surface area contributed by atoms with Crippen LogP contribution in [-0.2, 0) is 11.3 Å². The summed E-state index contributed by atoms with van der Waals surface area (Å²) in [4.78, 5) is 17.2. The number of piperidine rings is 2. The molecule has 0 aromatic heterocycles. The third-order valence-corrected chi connectivity index (χ3v) is 5.54. The lowest BCUT2D eigenvalue weighted by Crippen LogP contribution is -2.50. The van der Waals surface area contributed by atoms with Gasteiger partial charge < -0.3 is 20.4 Å². The summed E-state index contributed by atoms with van der Waals surface area (Å²) in [6, 6.07) is 7.61. The second-order valence-corrected chi connectivity index (χ2v) is 7.59. The number of aromatic hydroxyl groups is 1. The Balaban J connectivity index is 1.45. The maximum atomic E-state index is 12.6. The summed E-state index contributed by atoms with van der Waals surface area (Å²) in [6.07, 6.45) is 3.88. The number of β-amino-alcohol motifs (C(OH)–C–C–N with tert-alkyl or cyclic N) is 1. The number of nitrogens with zero attached hydrogens (tertiary/aromatic N) is 2. The van der Waals surface area contributed by atoms with Crippen molar-refractivity contribution in [3.05, 3.63) is 29.8 Å². The first kappa shape index (κ1) is 19.1. The Hall–Kier alpha value is -1.63. The van der Waals surface area contributed by atoms with Crippen LogP contribution < -0.4 is 5.32 Å². The molecule has 2 heterocycles. The molecule has 2 aliphatic heterocycles. The molecule has 0 aliphatic carbocycles. The molecule has 1 unspecified atom stereocenters. The minimum atomic E-state index is 0.103. The number of amides is 1. The Kier molecular flexibility index (Phi) is 6.88. The van der Waals surface area contributed by atoms with Gasteiger partial charge in [0, 0.05) is 31.6 Å². The van der Waals surface area contributed by atoms with Gasteiger partial charge in [-0.2, -0.15) is 0 Å². The second-order valence-electron chi connectivity index (χ2n) is 7.59. The van der Waals surface area contributed by atoms with Gasteiger partial charge >= 0.3 is 0 Å². The van der Waals surface area contributed by atoms with E-state index in [1.54, 1.807) is 6.07 Å². The Morgan fingerprint density at radius 2 is 1.96 bits per heavy atom. The molecular weight excluding hydrogens is 330 g/mol. The highest BCUT2D eigenvalue weighted by molar-refractivity contribution is 5.79. The zero-order chi connectivity index (χ0) is 18.4. The quantitative estimate of drug-likeness (QED) is 0.709. The highest BCUT2D eigenvalue weighted by Gasteiger charge is 2.28. The van der Waals surface area contributed by atoms with Crippen molar-refractivity contribution in [3.63, 3.8) is 0 Å². The molecule has 1 aromatic carbocycles. The molecular formula is C20H31N3O3. The lowest BCUT2D eigenvalue weighted by atomic mass is 9.95. The third kappa shape index (κ3) is 5.43. The predicted octanol–water partition coefficient (Wildman–Crippen LogP) is 1.18. The van der Waals surface area contributed by atoms with Crippen molar-refractivity contribution in [2.45, 2.75) is 38.3 Å². The molecule has 3 rings (SSSR count). The maximum Gasteiger partial charge on any atom is 0.223 e. The Labute approximate surface area is 155 Å². The number of benzene rings is 1. The number of aliphatic hydroxyl groups excluding tert-OH is 1. The Morgan fingerprint density at radius 3 is 2.69 bits per heavy atom. The van der Waals surface area contributed by atoms with E-state index in [-0.39, 0.29) is 24.5 Å². The van der Waals surface area contributed by atoms with E-state index in [1.165, 1.54) is 0 Å². The monoisotopic (exact) mass is 361 g/mol. The number of rotatable bonds is 6. The number of phenols is 1. The van der Waals surface area contributed by atoms with Crippen molar-refractivity contribution < 1.29 is 15.0 Å². The van der Waals surface area contributed by atoms with Crippen LogP contribution in [0, 0.1) is 5.92 Å². The predicted molar refractivity (Wildman–Crippen MR) is 101 cm³/mol. The molecule has 6 nitrogen and oxygen atoms in total. The van der Waals surface area contributed by atoms with Crippen molar-refractivity contribution in [1.29, 1.82) is 0 Å². The summed E-state index contributed by atoms with van der Waals surface area (Å²) in [7, 11) is 0. The fourth-order valence-corrected chi connectivity index (χ4v) is 4.11. The molecule has 2 aliphatic rings. The first-order chi connectivity index (χ1) is 12.6. The van der Waals surface area contributed by atoms with Crippen LogP contribution in [0.1, 0.15) is 31.2 Å². The number of hydrogen-bond donors (Lipinski definition) is 3. The topological polar surface area (TPSA) is 76.0 Å². The van der Waals surface area contributed by atoms with Gasteiger partial charge in [0.25, 0.3) is 0 Å². The number of nitrogens with one attached hydrogen (secondary N) is 1. The summed E-state index contributed by atoms with van der Waals surface area (Å²) < 4.78 is 0. The van der Waals surface area contributed by atoms with Gasteiger partial charge in [-0.3, -0.25) is 9.69 Å². The Bertz CT molecular complexity index is 587. The van der Waals surface area contributed by atoms with E-state index in [9.17, 15) is 9.90 Å². The molecule has 144 valence electrons. The van der Waals surface area contributed by atoms with Gasteiger partial charge in [0.1, 0.15) is 5.75 Å². The van der Waals surface area contributed by atoms with Gasteiger partial charge in [0.2, 0.25) is 5.91 Å². The smallest absolute Gasteiger partial charge is 0.223 e. The van der Waals surface area contributed by atoms with Crippen LogP contribution in [0.25, 0.3) is 0 Å². The third-order valence-electron chi connectivity index (χ3n) is 5.54. The standard InChI is InChI=1S/C20H31N3O3/c24-12-11-22-9-6-17(7-10-22)20(26)21-18-4-2-8-23(15-18)14-16-3-1-5-19(25)13-16/h1,3,5,13,17-18,24-25H,2,4,6-12,14-15H2,(H,21,26). The van der Waals surface area contributed by atoms with Crippen LogP contribution in [0.15, 0.2) is 24.3 Å². The minimum absolute atomic E-state index is 0.103. The number of aliphatic hydroxyl groups is 1. The number of phenolic OH excluding ortho intramolecular Hbond substituents is 1. The van der Waals surface area contributed by atoms with Crippen molar-refractivity contribution in [3.8, 4) is 5.75 Å². The van der Waals surface area contributed by atoms with E-state index in [1.807, 2.05) is 18.2 Å². The summed E-state index contributed by atoms with van der Waals surface area (Å²) in [5, 5.41) is 21.9. The molecule has 0 spiro atoms. The molecule has 1 atom stereocenters. The largest absolute Gasteiger partial charge is 0.508 e. The molecule has 2 saturated heterocycles. The fourth-order valence-electron chi connectivity index (χ4n) is 4.11. The number of carbonyl (C=O) groups is 1. The summed E-state index contributed by atoms with van der Waals surface area (Å²) in [5.74, 6) is 0.598. The fraction of sp³-hybridized carbons (Fsp3) is 0.650. The van der Waals surface area contributed by atoms with E-state index >= 15 is 0 Å². The Morgan fingerprint density at radius 1 is 1.15 bits per heavy atom. The maximum absolute atomic E-state index is 12.6. The van der Waals surface area contributed by atoms with Crippen LogP contribution in [0.4, 0.5) is 0 Å². The molecule has 26 heavy (non-hydrogen) atoms. The normalized spacial score (nSPS) is 23.0. The van der Waals surface area contributed by atoms with Gasteiger partial charge in [-0.25, -0.2) is 0 Å². The van der Waals surface area contributed by atoms with Gasteiger partial charge in [-0.1, -0.05) is 12.1 Å². The molecule has 0 radical (unpaired) electrons. The van der Waals surface area contributed by atoms with E-state index in [2.05, 4.69) is 15.1 Å². The molecule has 3 N–H and O–H groups in total. The average Bonchev–Trinajstić information content (AvgIpc) is 2.63. The molecule has 2 fully saturated rings. The lowest BCUT2D eigenvalue weighted by molar-refractivity contribution is -0.127. The van der Waals surface area contributed by atoms with Crippen LogP contribution in [-0.4, -0.2) is 71.3 Å². The van der Waals surface area contributed by atoms with Gasteiger partial charge in [0.15, 0.2) is 0 Å². The zero-order valence-electron chi connectivity index (χ0n) is 15.4. The van der Waals surface area contributed by atoms with Gasteiger partial charge in [-0.05, 0) is 63.0 Å². The van der Waals surface area contributed by atoms with Gasteiger partial charge in [0.05, 0.1) is 6.61 Å². The van der Waals surface area contributed by atoms with E-state index in [0.717, 1.165) is 64.0 Å². The average molecular weight is 361 g/mol. The summed E-state index contributed by atoms with van der Waals surface area (Å²) in [6.45, 7) is 5.39. The molecule has 1 aromatic rings. The highest BCUT2D eigenvalue weighted by Crippen LogP contribution is 2.20. The van der Waals surface area contributed by atoms with E-state index in [0.29, 0.717) is 12.3 Å². The van der Waals surface area contributed by atoms with Crippen LogP contribution in [0.2, 0.25) is 0 Å². The number of hydrogen-bond acceptors (Lipinski definition) is 5. The SMILES string of the molecule is O=C(NC1CCCN(Cc2cccc(O)c2)C1)C1CCN(CCO)CC1. The number of carbonyl (C=O) groups excluding carboxylic acids is 1. The van der Waals surface area contributed by atoms with Crippen molar-refractivity contribution >= 4 is 5.91 Å². The van der Waals surface area contributed by atoms with Crippen molar-refractivity contribution in [1.82, 2.24) is 15.1 Å². The zero-order valence-corrected chi connectivity index (χ0v) is 15.4. The van der Waals surface area contributed by atoms with Gasteiger partial charge in [-0.15, -0.1) is 0 Å². The van der Waals surface area contributed by atoms with Crippen LogP contribution in [0.3, 0.4) is 0 Å². The highest BCUT2D eigenvalue weighted by atomic mass is 16.3. The second kappa shape index (κ2) is 9.35. The first-order valence-electron chi connectivity index (χ1n) is 9.78. The van der Waals surface area contributed by atoms with Crippen LogP contribution >= 0.6 is 0 Å². The van der Waals surface area contributed by atoms with E-state index < -0.39 is 0 Å². The summed E-state index contributed by atoms with van der Waals surface area (Å²) in [5.41, 5.74) is 1.10. The minimum Gasteiger partial charge on any atom is -0.508 e. The first-order valence-corrected chi connectivity index (χ1v) is 9.78. The van der Waals surface area contributed by atoms with E-state index in [4.69, 9.17) is 5.11 Å². The number of likely N-dealkylation sites (tertiary alicyclic amines) is 2. The molecule has 6 heteroatoms. The van der Waals surface area contributed by atoms with Crippen molar-refractivity contribution in [2.24, 2.45) is 5.92 Å². The molecule has 1 amide bonds. The molecule has 0 bridgehead atoms. The van der Waals surface area contributed by atoms with Crippen LogP contribution in [0.5, 0.6) is 5.75 Å². The summed E-state index contributed by atoms with van der Waals surface area (Å²) >= 11 is 0. The molecule has 0 saturated carbocycles. The lowest BCUT2D eigenvalue weighted by Gasteiger charge is -2.35.